The third-order valence-electron chi connectivity index (χ3n) is 4.29. The minimum absolute atomic E-state index is 0.0609. The zero-order chi connectivity index (χ0) is 12.7. The largest absolute Gasteiger partial charge is 0.395 e. The van der Waals surface area contributed by atoms with Gasteiger partial charge in [0.05, 0.1) is 6.61 Å². The van der Waals surface area contributed by atoms with E-state index in [9.17, 15) is 5.11 Å². The molecule has 1 saturated carbocycles. The fraction of sp³-hybridized carbons (Fsp3) is 0.625. The van der Waals surface area contributed by atoms with Crippen LogP contribution in [0.1, 0.15) is 56.7 Å². The van der Waals surface area contributed by atoms with Gasteiger partial charge in [-0.1, -0.05) is 45.4 Å². The van der Waals surface area contributed by atoms with Crippen molar-refractivity contribution >= 4 is 0 Å². The Morgan fingerprint density at radius 3 is 2.29 bits per heavy atom. The molecule has 0 heterocycles. The van der Waals surface area contributed by atoms with Crippen LogP contribution in [0.5, 0.6) is 0 Å². The van der Waals surface area contributed by atoms with Crippen LogP contribution in [0, 0.1) is 6.92 Å². The van der Waals surface area contributed by atoms with E-state index in [1.807, 2.05) is 0 Å². The number of hydrogen-bond donors (Lipinski definition) is 1. The normalized spacial score (nSPS) is 18.9. The third kappa shape index (κ3) is 2.13. The molecule has 2 rings (SSSR count). The molecule has 0 bridgehead atoms. The molecule has 0 atom stereocenters. The maximum atomic E-state index is 9.71. The van der Waals surface area contributed by atoms with Crippen LogP contribution >= 0.6 is 0 Å². The molecule has 0 unspecified atom stereocenters. The number of aliphatic hydroxyl groups excluding tert-OH is 1. The van der Waals surface area contributed by atoms with Gasteiger partial charge < -0.3 is 5.11 Å². The van der Waals surface area contributed by atoms with Gasteiger partial charge in [0.1, 0.15) is 0 Å². The summed E-state index contributed by atoms with van der Waals surface area (Å²) >= 11 is 0. The molecule has 0 amide bonds. The highest BCUT2D eigenvalue weighted by atomic mass is 16.3. The Hall–Kier alpha value is -0.820. The molecule has 1 heteroatoms. The van der Waals surface area contributed by atoms with Crippen LogP contribution in [0.25, 0.3) is 0 Å². The van der Waals surface area contributed by atoms with Gasteiger partial charge in [0.15, 0.2) is 0 Å². The molecule has 1 fully saturated rings. The van der Waals surface area contributed by atoms with Crippen molar-refractivity contribution in [3.8, 4) is 0 Å². The van der Waals surface area contributed by atoms with Crippen molar-refractivity contribution in [2.24, 2.45) is 0 Å². The number of hydrogen-bond acceptors (Lipinski definition) is 1. The molecule has 0 radical (unpaired) electrons. The Morgan fingerprint density at radius 2 is 1.88 bits per heavy atom. The van der Waals surface area contributed by atoms with Crippen molar-refractivity contribution in [1.29, 1.82) is 0 Å². The first-order chi connectivity index (χ1) is 7.89. The predicted molar refractivity (Wildman–Crippen MR) is 72.5 cm³/mol. The molecule has 0 aliphatic heterocycles. The Bertz CT molecular complexity index is 403. The minimum Gasteiger partial charge on any atom is -0.395 e. The lowest BCUT2D eigenvalue weighted by molar-refractivity contribution is 0.119. The molecule has 17 heavy (non-hydrogen) atoms. The van der Waals surface area contributed by atoms with Gasteiger partial charge >= 0.3 is 0 Å². The molecule has 1 aliphatic rings. The van der Waals surface area contributed by atoms with Crippen LogP contribution in [0.15, 0.2) is 18.2 Å². The summed E-state index contributed by atoms with van der Waals surface area (Å²) in [6.07, 6.45) is 3.52. The Kier molecular flexibility index (Phi) is 3.07. The second kappa shape index (κ2) is 4.13. The lowest BCUT2D eigenvalue weighted by Crippen LogP contribution is -2.38. The zero-order valence-corrected chi connectivity index (χ0v) is 11.5. The standard InChI is InChI=1S/C16H24O/c1-12-6-7-13(15(2,3)4)10-14(12)16(11-17)8-5-9-16/h6-7,10,17H,5,8-9,11H2,1-4H3. The van der Waals surface area contributed by atoms with Crippen molar-refractivity contribution in [3.63, 3.8) is 0 Å². The highest BCUT2D eigenvalue weighted by molar-refractivity contribution is 5.40. The number of aliphatic hydroxyl groups is 1. The molecule has 94 valence electrons. The van der Waals surface area contributed by atoms with E-state index in [1.54, 1.807) is 0 Å². The van der Waals surface area contributed by atoms with Crippen LogP contribution in [-0.4, -0.2) is 11.7 Å². The van der Waals surface area contributed by atoms with E-state index in [0.717, 1.165) is 12.8 Å². The molecule has 1 N–H and O–H groups in total. The summed E-state index contributed by atoms with van der Waals surface area (Å²) in [6, 6.07) is 6.76. The summed E-state index contributed by atoms with van der Waals surface area (Å²) in [4.78, 5) is 0. The van der Waals surface area contributed by atoms with Crippen LogP contribution in [0.4, 0.5) is 0 Å². The van der Waals surface area contributed by atoms with Crippen LogP contribution < -0.4 is 0 Å². The second-order valence-electron chi connectivity index (χ2n) is 6.57. The van der Waals surface area contributed by atoms with Crippen LogP contribution in [0.2, 0.25) is 0 Å². The Morgan fingerprint density at radius 1 is 1.24 bits per heavy atom. The van der Waals surface area contributed by atoms with E-state index in [1.165, 1.54) is 23.1 Å². The maximum Gasteiger partial charge on any atom is 0.0528 e. The van der Waals surface area contributed by atoms with Gasteiger partial charge in [-0.05, 0) is 41.9 Å². The lowest BCUT2D eigenvalue weighted by Gasteiger charge is -2.42. The Balaban J connectivity index is 2.46. The van der Waals surface area contributed by atoms with Crippen molar-refractivity contribution in [1.82, 2.24) is 0 Å². The van der Waals surface area contributed by atoms with Crippen LogP contribution in [-0.2, 0) is 10.8 Å². The van der Waals surface area contributed by atoms with E-state index in [2.05, 4.69) is 45.9 Å². The Labute approximate surface area is 105 Å². The van der Waals surface area contributed by atoms with Crippen molar-refractivity contribution < 1.29 is 5.11 Å². The molecule has 0 spiro atoms. The summed E-state index contributed by atoms with van der Waals surface area (Å²) in [5, 5.41) is 9.71. The monoisotopic (exact) mass is 232 g/mol. The van der Waals surface area contributed by atoms with Crippen molar-refractivity contribution in [3.05, 3.63) is 34.9 Å². The van der Waals surface area contributed by atoms with Crippen LogP contribution in [0.3, 0.4) is 0 Å². The second-order valence-corrected chi connectivity index (χ2v) is 6.57. The van der Waals surface area contributed by atoms with E-state index in [-0.39, 0.29) is 10.8 Å². The van der Waals surface area contributed by atoms with Gasteiger partial charge in [0.2, 0.25) is 0 Å². The van der Waals surface area contributed by atoms with Gasteiger partial charge in [0, 0.05) is 5.41 Å². The van der Waals surface area contributed by atoms with E-state index >= 15 is 0 Å². The molecular formula is C16H24O. The average molecular weight is 232 g/mol. The first kappa shape index (κ1) is 12.6. The van der Waals surface area contributed by atoms with Gasteiger partial charge in [0.25, 0.3) is 0 Å². The van der Waals surface area contributed by atoms with Gasteiger partial charge in [-0.25, -0.2) is 0 Å². The molecule has 1 nitrogen and oxygen atoms in total. The molecule has 1 aromatic rings. The fourth-order valence-corrected chi connectivity index (χ4v) is 2.78. The first-order valence-corrected chi connectivity index (χ1v) is 6.61. The number of benzene rings is 1. The van der Waals surface area contributed by atoms with E-state index in [0.29, 0.717) is 6.61 Å². The summed E-state index contributed by atoms with van der Waals surface area (Å²) in [5.41, 5.74) is 4.32. The number of aryl methyl sites for hydroxylation is 1. The predicted octanol–water partition coefficient (Wildman–Crippen LogP) is 3.71. The average Bonchev–Trinajstić information content (AvgIpc) is 2.18. The topological polar surface area (TPSA) is 20.2 Å². The lowest BCUT2D eigenvalue weighted by atomic mass is 9.63. The van der Waals surface area contributed by atoms with E-state index < -0.39 is 0 Å². The smallest absolute Gasteiger partial charge is 0.0528 e. The molecule has 1 aromatic carbocycles. The highest BCUT2D eigenvalue weighted by Gasteiger charge is 2.39. The summed E-state index contributed by atoms with van der Waals surface area (Å²) in [7, 11) is 0. The molecule has 0 aromatic heterocycles. The quantitative estimate of drug-likeness (QED) is 0.824. The van der Waals surface area contributed by atoms with E-state index in [4.69, 9.17) is 0 Å². The minimum atomic E-state index is 0.0609. The summed E-state index contributed by atoms with van der Waals surface area (Å²) in [5.74, 6) is 0. The van der Waals surface area contributed by atoms with Gasteiger partial charge in [-0.2, -0.15) is 0 Å². The first-order valence-electron chi connectivity index (χ1n) is 6.61. The zero-order valence-electron chi connectivity index (χ0n) is 11.5. The molecule has 1 aliphatic carbocycles. The third-order valence-corrected chi connectivity index (χ3v) is 4.29. The fourth-order valence-electron chi connectivity index (χ4n) is 2.78. The highest BCUT2D eigenvalue weighted by Crippen LogP contribution is 2.45. The summed E-state index contributed by atoms with van der Waals surface area (Å²) in [6.45, 7) is 9.19. The summed E-state index contributed by atoms with van der Waals surface area (Å²) < 4.78 is 0. The molecular weight excluding hydrogens is 208 g/mol. The SMILES string of the molecule is Cc1ccc(C(C)(C)C)cc1C1(CO)CCC1. The van der Waals surface area contributed by atoms with Crippen molar-refractivity contribution in [2.45, 2.75) is 57.8 Å². The number of rotatable bonds is 2. The molecule has 0 saturated heterocycles. The van der Waals surface area contributed by atoms with Gasteiger partial charge in [-0.15, -0.1) is 0 Å². The van der Waals surface area contributed by atoms with Crippen molar-refractivity contribution in [2.75, 3.05) is 6.61 Å². The van der Waals surface area contributed by atoms with Gasteiger partial charge in [-0.3, -0.25) is 0 Å². The maximum absolute atomic E-state index is 9.71.